The number of nitrogens with two attached hydrogens (primary N) is 1. The monoisotopic (exact) mass is 415 g/mol. The van der Waals surface area contributed by atoms with Crippen molar-refractivity contribution >= 4 is 24.6 Å². The topological polar surface area (TPSA) is 103 Å². The van der Waals surface area contributed by atoms with Gasteiger partial charge in [0.1, 0.15) is 12.0 Å². The molecule has 5 rings (SSSR count). The molecule has 1 unspecified atom stereocenters. The van der Waals surface area contributed by atoms with Crippen LogP contribution in [-0.2, 0) is 4.57 Å². The van der Waals surface area contributed by atoms with Gasteiger partial charge in [0.2, 0.25) is 11.9 Å². The summed E-state index contributed by atoms with van der Waals surface area (Å²) in [4.78, 5) is 12.8. The number of anilines is 2. The Morgan fingerprint density at radius 1 is 0.833 bits per heavy atom. The van der Waals surface area contributed by atoms with Gasteiger partial charge < -0.3 is 15.6 Å². The Bertz CT molecular complexity index is 1280. The van der Waals surface area contributed by atoms with Crippen LogP contribution in [0.15, 0.2) is 78.9 Å². The van der Waals surface area contributed by atoms with Crippen molar-refractivity contribution in [3.8, 4) is 28.3 Å². The maximum Gasteiger partial charge on any atom is 0.296 e. The van der Waals surface area contributed by atoms with Crippen LogP contribution in [-0.4, -0.2) is 21.2 Å². The number of fused-ring (bicyclic) bond motifs is 3. The van der Waals surface area contributed by atoms with Crippen LogP contribution in [0.5, 0.6) is 5.75 Å². The van der Waals surface area contributed by atoms with E-state index in [1.54, 1.807) is 0 Å². The molecule has 2 heterocycles. The summed E-state index contributed by atoms with van der Waals surface area (Å²) in [6.07, 6.45) is 0.0238. The molecule has 0 saturated heterocycles. The number of rotatable bonds is 4. The average molecular weight is 415 g/mol. The SMILES string of the molecule is Nc1nc(NCP2(=O)Oc3ccccc3-c3ccccc32)nc(-c2ccccc2)n1. The summed E-state index contributed by atoms with van der Waals surface area (Å²) in [5.74, 6) is 1.37. The Balaban J connectivity index is 1.47. The second-order valence-electron chi connectivity index (χ2n) is 6.82. The molecular formula is C22H18N5O2P. The zero-order valence-corrected chi connectivity index (χ0v) is 16.8. The van der Waals surface area contributed by atoms with Crippen LogP contribution >= 0.6 is 7.37 Å². The van der Waals surface area contributed by atoms with Gasteiger partial charge in [-0.3, -0.25) is 4.57 Å². The number of nitrogens with zero attached hydrogens (tertiary/aromatic N) is 3. The first kappa shape index (κ1) is 18.3. The minimum absolute atomic E-state index is 0.0238. The number of hydrogen-bond donors (Lipinski definition) is 2. The number of para-hydroxylation sites is 1. The standard InChI is InChI=1S/C22H18N5O2P/c23-21-25-20(15-8-2-1-3-9-15)26-22(27-21)24-14-30(28)19-13-7-5-11-17(19)16-10-4-6-12-18(16)29-30/h1-13H,14H2,(H3,23,24,25,26,27). The first-order chi connectivity index (χ1) is 14.6. The number of nitrogen functional groups attached to an aromatic ring is 1. The van der Waals surface area contributed by atoms with E-state index in [1.165, 1.54) is 0 Å². The number of nitrogens with one attached hydrogen (secondary N) is 1. The molecule has 0 amide bonds. The smallest absolute Gasteiger partial charge is 0.296 e. The lowest BCUT2D eigenvalue weighted by molar-refractivity contribution is 0.493. The van der Waals surface area contributed by atoms with Crippen molar-refractivity contribution in [3.05, 3.63) is 78.9 Å². The third-order valence-electron chi connectivity index (χ3n) is 4.82. The first-order valence-corrected chi connectivity index (χ1v) is 11.2. The molecule has 1 aliphatic rings. The average Bonchev–Trinajstić information content (AvgIpc) is 2.78. The maximum absolute atomic E-state index is 13.8. The lowest BCUT2D eigenvalue weighted by Gasteiger charge is -2.28. The van der Waals surface area contributed by atoms with Gasteiger partial charge in [-0.2, -0.15) is 15.0 Å². The molecule has 1 aliphatic heterocycles. The van der Waals surface area contributed by atoms with Crippen LogP contribution in [0.2, 0.25) is 0 Å². The Kier molecular flexibility index (Phi) is 4.45. The van der Waals surface area contributed by atoms with Gasteiger partial charge in [-0.15, -0.1) is 0 Å². The highest BCUT2D eigenvalue weighted by atomic mass is 31.2. The Hall–Kier alpha value is -3.70. The molecule has 30 heavy (non-hydrogen) atoms. The summed E-state index contributed by atoms with van der Waals surface area (Å²) >= 11 is 0. The predicted molar refractivity (Wildman–Crippen MR) is 118 cm³/mol. The van der Waals surface area contributed by atoms with Crippen LogP contribution in [0.3, 0.4) is 0 Å². The minimum Gasteiger partial charge on any atom is -0.438 e. The van der Waals surface area contributed by atoms with E-state index in [0.717, 1.165) is 16.7 Å². The minimum atomic E-state index is -3.26. The summed E-state index contributed by atoms with van der Waals surface area (Å²) in [7, 11) is -3.26. The third kappa shape index (κ3) is 3.29. The fraction of sp³-hybridized carbons (Fsp3) is 0.0455. The van der Waals surface area contributed by atoms with Gasteiger partial charge in [-0.05, 0) is 17.7 Å². The van der Waals surface area contributed by atoms with E-state index in [4.69, 9.17) is 10.3 Å². The molecular weight excluding hydrogens is 397 g/mol. The quantitative estimate of drug-likeness (QED) is 0.483. The van der Waals surface area contributed by atoms with Crippen molar-refractivity contribution in [1.82, 2.24) is 15.0 Å². The van der Waals surface area contributed by atoms with Crippen molar-refractivity contribution < 1.29 is 9.09 Å². The lowest BCUT2D eigenvalue weighted by Crippen LogP contribution is -2.23. The summed E-state index contributed by atoms with van der Waals surface area (Å²) in [5.41, 5.74) is 8.52. The zero-order chi connectivity index (χ0) is 20.6. The van der Waals surface area contributed by atoms with Gasteiger partial charge in [0.25, 0.3) is 7.37 Å². The van der Waals surface area contributed by atoms with E-state index in [0.29, 0.717) is 16.9 Å². The molecule has 0 bridgehead atoms. The molecule has 4 aromatic rings. The van der Waals surface area contributed by atoms with Gasteiger partial charge in [0, 0.05) is 11.1 Å². The van der Waals surface area contributed by atoms with Gasteiger partial charge >= 0.3 is 0 Å². The molecule has 8 heteroatoms. The first-order valence-electron chi connectivity index (χ1n) is 9.41. The highest BCUT2D eigenvalue weighted by Crippen LogP contribution is 2.54. The van der Waals surface area contributed by atoms with Crippen molar-refractivity contribution in [1.29, 1.82) is 0 Å². The molecule has 0 spiro atoms. The van der Waals surface area contributed by atoms with Gasteiger partial charge in [-0.1, -0.05) is 66.7 Å². The molecule has 0 aliphatic carbocycles. The highest BCUT2D eigenvalue weighted by Gasteiger charge is 2.35. The van der Waals surface area contributed by atoms with E-state index in [2.05, 4.69) is 20.3 Å². The molecule has 0 fully saturated rings. The van der Waals surface area contributed by atoms with Crippen LogP contribution in [0, 0.1) is 0 Å². The molecule has 1 aromatic heterocycles. The van der Waals surface area contributed by atoms with Gasteiger partial charge in [0.15, 0.2) is 5.82 Å². The lowest BCUT2D eigenvalue weighted by atomic mass is 10.0. The number of benzene rings is 3. The van der Waals surface area contributed by atoms with Crippen LogP contribution in [0.4, 0.5) is 11.9 Å². The number of aromatic nitrogens is 3. The molecule has 3 N–H and O–H groups in total. The largest absolute Gasteiger partial charge is 0.438 e. The molecule has 1 atom stereocenters. The summed E-state index contributed by atoms with van der Waals surface area (Å²) in [6, 6.07) is 24.6. The summed E-state index contributed by atoms with van der Waals surface area (Å²) in [5, 5.41) is 3.72. The fourth-order valence-electron chi connectivity index (χ4n) is 3.46. The highest BCUT2D eigenvalue weighted by molar-refractivity contribution is 7.67. The number of hydrogen-bond acceptors (Lipinski definition) is 7. The molecule has 148 valence electrons. The molecule has 3 aromatic carbocycles. The van der Waals surface area contributed by atoms with Crippen molar-refractivity contribution in [2.75, 3.05) is 17.3 Å². The fourth-order valence-corrected chi connectivity index (χ4v) is 5.49. The zero-order valence-electron chi connectivity index (χ0n) is 15.9. The maximum atomic E-state index is 13.8. The van der Waals surface area contributed by atoms with Gasteiger partial charge in [0.05, 0.1) is 5.30 Å². The van der Waals surface area contributed by atoms with E-state index < -0.39 is 7.37 Å². The second kappa shape index (κ2) is 7.28. The van der Waals surface area contributed by atoms with E-state index in [9.17, 15) is 4.57 Å². The summed E-state index contributed by atoms with van der Waals surface area (Å²) < 4.78 is 19.8. The molecule has 0 saturated carbocycles. The van der Waals surface area contributed by atoms with Crippen molar-refractivity contribution in [3.63, 3.8) is 0 Å². The van der Waals surface area contributed by atoms with E-state index in [1.807, 2.05) is 78.9 Å². The van der Waals surface area contributed by atoms with E-state index >= 15 is 0 Å². The van der Waals surface area contributed by atoms with E-state index in [-0.39, 0.29) is 18.2 Å². The van der Waals surface area contributed by atoms with Crippen molar-refractivity contribution in [2.45, 2.75) is 0 Å². The predicted octanol–water partition coefficient (Wildman–Crippen LogP) is 4.15. The van der Waals surface area contributed by atoms with Crippen LogP contribution < -0.4 is 20.9 Å². The van der Waals surface area contributed by atoms with Crippen molar-refractivity contribution in [2.24, 2.45) is 0 Å². The Morgan fingerprint density at radius 3 is 2.37 bits per heavy atom. The third-order valence-corrected chi connectivity index (χ3v) is 7.01. The molecule has 7 nitrogen and oxygen atoms in total. The Morgan fingerprint density at radius 2 is 1.53 bits per heavy atom. The second-order valence-corrected chi connectivity index (χ2v) is 9.15. The Labute approximate surface area is 173 Å². The van der Waals surface area contributed by atoms with Gasteiger partial charge in [-0.25, -0.2) is 0 Å². The van der Waals surface area contributed by atoms with Crippen LogP contribution in [0.1, 0.15) is 0 Å². The summed E-state index contributed by atoms with van der Waals surface area (Å²) in [6.45, 7) is 0. The molecule has 0 radical (unpaired) electrons. The normalized spacial score (nSPS) is 16.8. The van der Waals surface area contributed by atoms with Crippen LogP contribution in [0.25, 0.3) is 22.5 Å².